The zero-order valence-electron chi connectivity index (χ0n) is 16.5. The lowest BCUT2D eigenvalue weighted by atomic mass is 9.99. The van der Waals surface area contributed by atoms with Crippen LogP contribution in [-0.2, 0) is 17.8 Å². The molecule has 1 heterocycles. The van der Waals surface area contributed by atoms with Gasteiger partial charge in [-0.25, -0.2) is 0 Å². The smallest absolute Gasteiger partial charge is 0.260 e. The fraction of sp³-hybridized carbons (Fsp3) is 0.409. The Morgan fingerprint density at radius 3 is 2.26 bits per heavy atom. The van der Waals surface area contributed by atoms with Crippen LogP contribution in [0.3, 0.4) is 0 Å². The number of carbonyl (C=O) groups is 1. The molecular formula is C22H27NO4. The van der Waals surface area contributed by atoms with E-state index in [0.29, 0.717) is 24.8 Å². The molecule has 5 heteroatoms. The molecule has 2 aromatic rings. The third-order valence-electron chi connectivity index (χ3n) is 4.98. The topological polar surface area (TPSA) is 48.0 Å². The van der Waals surface area contributed by atoms with Gasteiger partial charge in [0, 0.05) is 13.1 Å². The van der Waals surface area contributed by atoms with Gasteiger partial charge in [0.05, 0.1) is 14.2 Å². The minimum Gasteiger partial charge on any atom is -0.493 e. The Labute approximate surface area is 160 Å². The highest BCUT2D eigenvalue weighted by atomic mass is 16.5. The number of methoxy groups -OCH3 is 2. The lowest BCUT2D eigenvalue weighted by Gasteiger charge is -2.29. The van der Waals surface area contributed by atoms with Crippen LogP contribution in [0.4, 0.5) is 0 Å². The molecule has 5 nitrogen and oxygen atoms in total. The zero-order chi connectivity index (χ0) is 19.4. The van der Waals surface area contributed by atoms with E-state index in [0.717, 1.165) is 23.5 Å². The lowest BCUT2D eigenvalue weighted by Crippen LogP contribution is -2.38. The molecule has 0 bridgehead atoms. The number of fused-ring (bicyclic) bond motifs is 1. The van der Waals surface area contributed by atoms with Crippen LogP contribution < -0.4 is 14.2 Å². The van der Waals surface area contributed by atoms with Crippen molar-refractivity contribution in [1.82, 2.24) is 4.90 Å². The summed E-state index contributed by atoms with van der Waals surface area (Å²) in [6.07, 6.45) is 0.796. The first-order valence-electron chi connectivity index (χ1n) is 9.26. The van der Waals surface area contributed by atoms with Gasteiger partial charge in [0.2, 0.25) is 0 Å². The summed E-state index contributed by atoms with van der Waals surface area (Å²) in [5.74, 6) is 2.60. The molecule has 0 N–H and O–H groups in total. The molecule has 0 atom stereocenters. The summed E-state index contributed by atoms with van der Waals surface area (Å²) in [5.41, 5.74) is 3.54. The van der Waals surface area contributed by atoms with Crippen LogP contribution in [0.1, 0.15) is 36.5 Å². The highest BCUT2D eigenvalue weighted by molar-refractivity contribution is 5.78. The van der Waals surface area contributed by atoms with Crippen molar-refractivity contribution in [1.29, 1.82) is 0 Å². The van der Waals surface area contributed by atoms with Crippen LogP contribution in [0.25, 0.3) is 0 Å². The lowest BCUT2D eigenvalue weighted by molar-refractivity contribution is -0.134. The normalized spacial score (nSPS) is 13.3. The van der Waals surface area contributed by atoms with Crippen molar-refractivity contribution in [2.24, 2.45) is 0 Å². The van der Waals surface area contributed by atoms with Crippen LogP contribution in [0.5, 0.6) is 17.2 Å². The van der Waals surface area contributed by atoms with Gasteiger partial charge in [0.15, 0.2) is 18.1 Å². The second kappa shape index (κ2) is 8.33. The standard InChI is InChI=1S/C22H27NO4/c1-15(2)16-5-7-19(8-6-16)27-14-22(24)23-10-9-17-11-20(25-3)21(26-4)12-18(17)13-23/h5-8,11-12,15H,9-10,13-14H2,1-4H3. The Morgan fingerprint density at radius 1 is 1.04 bits per heavy atom. The van der Waals surface area contributed by atoms with Crippen LogP contribution >= 0.6 is 0 Å². The molecule has 2 aromatic carbocycles. The Bertz CT molecular complexity index is 799. The quantitative estimate of drug-likeness (QED) is 0.777. The maximum Gasteiger partial charge on any atom is 0.260 e. The molecule has 0 saturated heterocycles. The van der Waals surface area contributed by atoms with Gasteiger partial charge in [-0.05, 0) is 53.3 Å². The van der Waals surface area contributed by atoms with Crippen LogP contribution in [0, 0.1) is 0 Å². The molecule has 3 rings (SSSR count). The molecular weight excluding hydrogens is 342 g/mol. The van der Waals surface area contributed by atoms with E-state index >= 15 is 0 Å². The molecule has 0 radical (unpaired) electrons. The number of carbonyl (C=O) groups excluding carboxylic acids is 1. The number of amides is 1. The zero-order valence-corrected chi connectivity index (χ0v) is 16.5. The summed E-state index contributed by atoms with van der Waals surface area (Å²) in [6.45, 7) is 5.58. The highest BCUT2D eigenvalue weighted by Crippen LogP contribution is 2.33. The summed E-state index contributed by atoms with van der Waals surface area (Å²) in [6, 6.07) is 11.9. The molecule has 0 saturated carbocycles. The fourth-order valence-electron chi connectivity index (χ4n) is 3.28. The number of benzene rings is 2. The van der Waals surface area contributed by atoms with E-state index in [2.05, 4.69) is 13.8 Å². The average molecular weight is 369 g/mol. The van der Waals surface area contributed by atoms with Crippen molar-refractivity contribution in [2.45, 2.75) is 32.7 Å². The van der Waals surface area contributed by atoms with Gasteiger partial charge < -0.3 is 19.1 Å². The summed E-state index contributed by atoms with van der Waals surface area (Å²) < 4.78 is 16.4. The molecule has 1 aliphatic heterocycles. The maximum atomic E-state index is 12.6. The maximum absolute atomic E-state index is 12.6. The van der Waals surface area contributed by atoms with Gasteiger partial charge in [0.25, 0.3) is 5.91 Å². The largest absolute Gasteiger partial charge is 0.493 e. The number of hydrogen-bond acceptors (Lipinski definition) is 4. The first kappa shape index (κ1) is 19.1. The number of hydrogen-bond donors (Lipinski definition) is 0. The van der Waals surface area contributed by atoms with Crippen LogP contribution in [-0.4, -0.2) is 38.2 Å². The van der Waals surface area contributed by atoms with Crippen molar-refractivity contribution in [2.75, 3.05) is 27.4 Å². The molecule has 27 heavy (non-hydrogen) atoms. The monoisotopic (exact) mass is 369 g/mol. The minimum atomic E-state index is -0.0108. The Hall–Kier alpha value is -2.69. The van der Waals surface area contributed by atoms with E-state index < -0.39 is 0 Å². The SMILES string of the molecule is COc1cc2c(cc1OC)CN(C(=O)COc1ccc(C(C)C)cc1)CC2. The molecule has 0 aliphatic carbocycles. The number of ether oxygens (including phenoxy) is 3. The van der Waals surface area contributed by atoms with Gasteiger partial charge in [0.1, 0.15) is 5.75 Å². The highest BCUT2D eigenvalue weighted by Gasteiger charge is 2.23. The second-order valence-electron chi connectivity index (χ2n) is 7.05. The van der Waals surface area contributed by atoms with E-state index in [4.69, 9.17) is 14.2 Å². The predicted octanol–water partition coefficient (Wildman–Crippen LogP) is 3.79. The molecule has 1 aliphatic rings. The Kier molecular flexibility index (Phi) is 5.89. The first-order chi connectivity index (χ1) is 13.0. The Balaban J connectivity index is 1.62. The van der Waals surface area contributed by atoms with E-state index in [1.807, 2.05) is 41.3 Å². The van der Waals surface area contributed by atoms with Crippen LogP contribution in [0.2, 0.25) is 0 Å². The van der Waals surface area contributed by atoms with E-state index in [1.165, 1.54) is 11.1 Å². The summed E-state index contributed by atoms with van der Waals surface area (Å²) in [7, 11) is 3.25. The van der Waals surface area contributed by atoms with Crippen molar-refractivity contribution < 1.29 is 19.0 Å². The van der Waals surface area contributed by atoms with Crippen molar-refractivity contribution in [3.63, 3.8) is 0 Å². The second-order valence-corrected chi connectivity index (χ2v) is 7.05. The number of rotatable bonds is 6. The van der Waals surface area contributed by atoms with Crippen molar-refractivity contribution >= 4 is 5.91 Å². The van der Waals surface area contributed by atoms with E-state index in [-0.39, 0.29) is 12.5 Å². The van der Waals surface area contributed by atoms with Gasteiger partial charge >= 0.3 is 0 Å². The van der Waals surface area contributed by atoms with E-state index in [1.54, 1.807) is 14.2 Å². The molecule has 0 spiro atoms. The molecule has 1 amide bonds. The van der Waals surface area contributed by atoms with Gasteiger partial charge in [-0.1, -0.05) is 26.0 Å². The Morgan fingerprint density at radius 2 is 1.67 bits per heavy atom. The summed E-state index contributed by atoms with van der Waals surface area (Å²) in [4.78, 5) is 14.4. The minimum absolute atomic E-state index is 0.0108. The van der Waals surface area contributed by atoms with Crippen molar-refractivity contribution in [3.8, 4) is 17.2 Å². The predicted molar refractivity (Wildman–Crippen MR) is 105 cm³/mol. The van der Waals surface area contributed by atoms with Gasteiger partial charge in [-0.3, -0.25) is 4.79 Å². The molecule has 0 aromatic heterocycles. The first-order valence-corrected chi connectivity index (χ1v) is 9.26. The van der Waals surface area contributed by atoms with E-state index in [9.17, 15) is 4.79 Å². The fourth-order valence-corrected chi connectivity index (χ4v) is 3.28. The van der Waals surface area contributed by atoms with Gasteiger partial charge in [-0.15, -0.1) is 0 Å². The average Bonchev–Trinajstić information content (AvgIpc) is 2.70. The molecule has 0 fully saturated rings. The molecule has 144 valence electrons. The number of nitrogens with zero attached hydrogens (tertiary/aromatic N) is 1. The summed E-state index contributed by atoms with van der Waals surface area (Å²) in [5, 5.41) is 0. The third-order valence-corrected chi connectivity index (χ3v) is 4.98. The van der Waals surface area contributed by atoms with Crippen LogP contribution in [0.15, 0.2) is 36.4 Å². The molecule has 0 unspecified atom stereocenters. The van der Waals surface area contributed by atoms with Crippen molar-refractivity contribution in [3.05, 3.63) is 53.1 Å². The van der Waals surface area contributed by atoms with Gasteiger partial charge in [-0.2, -0.15) is 0 Å². The third kappa shape index (κ3) is 4.35. The summed E-state index contributed by atoms with van der Waals surface area (Å²) >= 11 is 0.